The number of hydrogen-bond donors (Lipinski definition) is 1. The summed E-state index contributed by atoms with van der Waals surface area (Å²) < 4.78 is 10.6. The molecule has 0 aliphatic heterocycles. The molecule has 1 atom stereocenters. The van der Waals surface area contributed by atoms with Crippen molar-refractivity contribution in [3.63, 3.8) is 0 Å². The molecule has 10 heteroatoms. The molecule has 1 N–H and O–H groups in total. The van der Waals surface area contributed by atoms with Crippen LogP contribution in [0.15, 0.2) is 18.2 Å². The van der Waals surface area contributed by atoms with Gasteiger partial charge in [-0.2, -0.15) is 4.80 Å². The summed E-state index contributed by atoms with van der Waals surface area (Å²) in [5.74, 6) is 1.35. The predicted molar refractivity (Wildman–Crippen MR) is 130 cm³/mol. The second-order valence-corrected chi connectivity index (χ2v) is 9.37. The molecule has 10 nitrogen and oxygen atoms in total. The predicted octanol–water partition coefficient (Wildman–Crippen LogP) is 2.97. The van der Waals surface area contributed by atoms with E-state index in [-0.39, 0.29) is 30.4 Å². The zero-order chi connectivity index (χ0) is 24.8. The molecule has 2 aliphatic carbocycles. The van der Waals surface area contributed by atoms with Crippen LogP contribution in [0.1, 0.15) is 64.7 Å². The van der Waals surface area contributed by atoms with E-state index in [4.69, 9.17) is 9.47 Å². The number of carbonyl (C=O) groups is 2. The van der Waals surface area contributed by atoms with Crippen molar-refractivity contribution in [3.05, 3.63) is 18.2 Å². The Balaban J connectivity index is 1.50. The first kappa shape index (κ1) is 24.9. The van der Waals surface area contributed by atoms with Gasteiger partial charge in [-0.25, -0.2) is 0 Å². The summed E-state index contributed by atoms with van der Waals surface area (Å²) in [6.45, 7) is 1.90. The number of hydrogen-bond acceptors (Lipinski definition) is 7. The van der Waals surface area contributed by atoms with Crippen molar-refractivity contribution in [2.75, 3.05) is 14.2 Å². The van der Waals surface area contributed by atoms with E-state index in [1.807, 2.05) is 13.0 Å². The molecule has 190 valence electrons. The van der Waals surface area contributed by atoms with E-state index in [1.54, 1.807) is 31.3 Å². The fraction of sp³-hybridized carbons (Fsp3) is 0.640. The van der Waals surface area contributed by atoms with Crippen LogP contribution in [0.4, 0.5) is 0 Å². The van der Waals surface area contributed by atoms with Gasteiger partial charge in [0.25, 0.3) is 0 Å². The Morgan fingerprint density at radius 3 is 2.43 bits per heavy atom. The van der Waals surface area contributed by atoms with Crippen LogP contribution < -0.4 is 14.8 Å². The summed E-state index contributed by atoms with van der Waals surface area (Å²) in [6.07, 6.45) is 8.87. The molecule has 0 radical (unpaired) electrons. The first-order valence-corrected chi connectivity index (χ1v) is 12.7. The van der Waals surface area contributed by atoms with Crippen molar-refractivity contribution in [1.29, 1.82) is 0 Å². The van der Waals surface area contributed by atoms with Gasteiger partial charge in [0.1, 0.15) is 12.6 Å². The van der Waals surface area contributed by atoms with Crippen LogP contribution >= 0.6 is 0 Å². The van der Waals surface area contributed by atoms with Crippen LogP contribution in [0.25, 0.3) is 11.4 Å². The highest BCUT2D eigenvalue weighted by molar-refractivity contribution is 5.88. The second-order valence-electron chi connectivity index (χ2n) is 9.37. The van der Waals surface area contributed by atoms with Gasteiger partial charge in [-0.3, -0.25) is 9.59 Å². The van der Waals surface area contributed by atoms with Gasteiger partial charge in [0.2, 0.25) is 17.6 Å². The Kier molecular flexibility index (Phi) is 8.20. The molecule has 1 heterocycles. The van der Waals surface area contributed by atoms with Crippen LogP contribution in [0, 0.1) is 0 Å². The van der Waals surface area contributed by atoms with Crippen LogP contribution in [-0.2, 0) is 16.1 Å². The maximum Gasteiger partial charge on any atom is 0.247 e. The van der Waals surface area contributed by atoms with Gasteiger partial charge in [0.15, 0.2) is 11.5 Å². The molecular formula is C25H36N6O4. The molecule has 1 aromatic carbocycles. The SMILES string of the molecule is CCC(C(=O)NC1CCCC1)N(C(=O)Cn1nnc(-c2ccc(OC)c(OC)c2)n1)C1CCCC1. The smallest absolute Gasteiger partial charge is 0.247 e. The van der Waals surface area contributed by atoms with Crippen LogP contribution in [0.5, 0.6) is 11.5 Å². The highest BCUT2D eigenvalue weighted by Gasteiger charge is 2.36. The molecule has 2 aromatic rings. The maximum absolute atomic E-state index is 13.6. The summed E-state index contributed by atoms with van der Waals surface area (Å²) in [4.78, 5) is 29.9. The van der Waals surface area contributed by atoms with Gasteiger partial charge in [-0.1, -0.05) is 32.6 Å². The minimum atomic E-state index is -0.486. The Morgan fingerprint density at radius 2 is 1.77 bits per heavy atom. The number of methoxy groups -OCH3 is 2. The Hall–Kier alpha value is -3.17. The van der Waals surface area contributed by atoms with Crippen molar-refractivity contribution < 1.29 is 19.1 Å². The lowest BCUT2D eigenvalue weighted by molar-refractivity contribution is -0.144. The third-order valence-electron chi connectivity index (χ3n) is 7.10. The zero-order valence-electron chi connectivity index (χ0n) is 20.9. The minimum absolute atomic E-state index is 0.0442. The van der Waals surface area contributed by atoms with Crippen molar-refractivity contribution in [3.8, 4) is 22.9 Å². The van der Waals surface area contributed by atoms with Crippen molar-refractivity contribution in [1.82, 2.24) is 30.4 Å². The molecule has 0 bridgehead atoms. The summed E-state index contributed by atoms with van der Waals surface area (Å²) in [6, 6.07) is 5.16. The molecule has 1 aromatic heterocycles. The number of ether oxygens (including phenoxy) is 2. The monoisotopic (exact) mass is 484 g/mol. The number of rotatable bonds is 10. The summed E-state index contributed by atoms with van der Waals surface area (Å²) in [5, 5.41) is 15.9. The van der Waals surface area contributed by atoms with E-state index >= 15 is 0 Å². The lowest BCUT2D eigenvalue weighted by Gasteiger charge is -2.35. The molecule has 2 fully saturated rings. The van der Waals surface area contributed by atoms with Gasteiger partial charge in [0.05, 0.1) is 14.2 Å². The molecule has 35 heavy (non-hydrogen) atoms. The molecule has 0 saturated heterocycles. The fourth-order valence-corrected chi connectivity index (χ4v) is 5.29. The van der Waals surface area contributed by atoms with E-state index in [2.05, 4.69) is 20.7 Å². The summed E-state index contributed by atoms with van der Waals surface area (Å²) >= 11 is 0. The lowest BCUT2D eigenvalue weighted by atomic mass is 10.1. The normalized spacial score (nSPS) is 17.3. The number of nitrogens with one attached hydrogen (secondary N) is 1. The molecule has 0 spiro atoms. The molecular weight excluding hydrogens is 448 g/mol. The van der Waals surface area contributed by atoms with Crippen LogP contribution in [0.2, 0.25) is 0 Å². The van der Waals surface area contributed by atoms with E-state index in [9.17, 15) is 9.59 Å². The minimum Gasteiger partial charge on any atom is -0.493 e. The Labute approximate surface area is 206 Å². The average Bonchev–Trinajstić information content (AvgIpc) is 3.65. The van der Waals surface area contributed by atoms with Gasteiger partial charge >= 0.3 is 0 Å². The van der Waals surface area contributed by atoms with E-state index in [1.165, 1.54) is 4.80 Å². The number of aromatic nitrogens is 4. The van der Waals surface area contributed by atoms with Gasteiger partial charge in [-0.05, 0) is 55.5 Å². The number of amides is 2. The number of carbonyl (C=O) groups excluding carboxylic acids is 2. The number of nitrogens with zero attached hydrogens (tertiary/aromatic N) is 5. The summed E-state index contributed by atoms with van der Waals surface area (Å²) in [7, 11) is 3.14. The molecule has 2 saturated carbocycles. The highest BCUT2D eigenvalue weighted by Crippen LogP contribution is 2.31. The van der Waals surface area contributed by atoms with Crippen molar-refractivity contribution in [2.45, 2.75) is 89.4 Å². The van der Waals surface area contributed by atoms with Crippen molar-refractivity contribution in [2.24, 2.45) is 0 Å². The number of tetrazole rings is 1. The van der Waals surface area contributed by atoms with Gasteiger partial charge in [-0.15, -0.1) is 10.2 Å². The number of benzene rings is 1. The lowest BCUT2D eigenvalue weighted by Crippen LogP contribution is -2.55. The van der Waals surface area contributed by atoms with Crippen LogP contribution in [-0.4, -0.2) is 69.3 Å². The van der Waals surface area contributed by atoms with Crippen molar-refractivity contribution >= 4 is 11.8 Å². The zero-order valence-corrected chi connectivity index (χ0v) is 20.9. The first-order chi connectivity index (χ1) is 17.0. The van der Waals surface area contributed by atoms with Gasteiger partial charge in [0, 0.05) is 17.6 Å². The topological polar surface area (TPSA) is 111 Å². The van der Waals surface area contributed by atoms with E-state index in [0.29, 0.717) is 29.3 Å². The fourth-order valence-electron chi connectivity index (χ4n) is 5.29. The molecule has 1 unspecified atom stereocenters. The molecule has 2 amide bonds. The van der Waals surface area contributed by atoms with E-state index < -0.39 is 6.04 Å². The maximum atomic E-state index is 13.6. The quantitative estimate of drug-likeness (QED) is 0.552. The third kappa shape index (κ3) is 5.74. The molecule has 2 aliphatic rings. The van der Waals surface area contributed by atoms with E-state index in [0.717, 1.165) is 51.4 Å². The first-order valence-electron chi connectivity index (χ1n) is 12.7. The Bertz CT molecular complexity index is 1010. The Morgan fingerprint density at radius 1 is 1.09 bits per heavy atom. The largest absolute Gasteiger partial charge is 0.493 e. The summed E-state index contributed by atoms with van der Waals surface area (Å²) in [5.41, 5.74) is 0.705. The third-order valence-corrected chi connectivity index (χ3v) is 7.10. The average molecular weight is 485 g/mol. The highest BCUT2D eigenvalue weighted by atomic mass is 16.5. The van der Waals surface area contributed by atoms with Crippen LogP contribution in [0.3, 0.4) is 0 Å². The molecule has 4 rings (SSSR count). The van der Waals surface area contributed by atoms with Gasteiger partial charge < -0.3 is 19.7 Å². The second kappa shape index (κ2) is 11.5. The standard InChI is InChI=1S/C25H36N6O4/c1-4-20(25(33)26-18-9-5-6-10-18)31(19-11-7-8-12-19)23(32)16-30-28-24(27-29-30)17-13-14-21(34-2)22(15-17)35-3/h13-15,18-20H,4-12,16H2,1-3H3,(H,26,33).